The van der Waals surface area contributed by atoms with Crippen molar-refractivity contribution in [2.45, 2.75) is 78.1 Å². The first-order valence-corrected chi connectivity index (χ1v) is 7.68. The smallest absolute Gasteiger partial charge is 0.0142 e. The van der Waals surface area contributed by atoms with E-state index in [-0.39, 0.29) is 0 Å². The molecular weight excluding hydrogens is 224 g/mol. The Balaban J connectivity index is 2.64. The molecule has 0 unspecified atom stereocenters. The lowest BCUT2D eigenvalue weighted by Gasteiger charge is -2.28. The second kappa shape index (κ2) is 4.12. The van der Waals surface area contributed by atoms with Gasteiger partial charge in [-0.15, -0.1) is 11.3 Å². The van der Waals surface area contributed by atoms with Crippen LogP contribution in [-0.2, 0) is 23.7 Å². The number of fused-ring (bicyclic) bond motifs is 1. The average molecular weight is 250 g/mol. The monoisotopic (exact) mass is 250 g/mol. The summed E-state index contributed by atoms with van der Waals surface area (Å²) in [6.07, 6.45) is 5.41. The summed E-state index contributed by atoms with van der Waals surface area (Å²) < 4.78 is 0. The fraction of sp³-hybridized carbons (Fsp3) is 0.750. The lowest BCUT2D eigenvalue weighted by Crippen LogP contribution is -2.21. The molecule has 0 N–H and O–H groups in total. The predicted octanol–water partition coefficient (Wildman–Crippen LogP) is 5.22. The van der Waals surface area contributed by atoms with E-state index in [0.29, 0.717) is 10.8 Å². The molecule has 17 heavy (non-hydrogen) atoms. The molecule has 1 heteroatoms. The van der Waals surface area contributed by atoms with Crippen LogP contribution in [0, 0.1) is 0 Å². The van der Waals surface area contributed by atoms with Crippen LogP contribution in [0.15, 0.2) is 0 Å². The van der Waals surface area contributed by atoms with Gasteiger partial charge >= 0.3 is 0 Å². The van der Waals surface area contributed by atoms with Crippen molar-refractivity contribution in [3.8, 4) is 0 Å². The van der Waals surface area contributed by atoms with E-state index >= 15 is 0 Å². The molecule has 0 nitrogen and oxygen atoms in total. The fourth-order valence-electron chi connectivity index (χ4n) is 2.89. The molecule has 0 radical (unpaired) electrons. The van der Waals surface area contributed by atoms with Crippen LogP contribution in [0.1, 0.15) is 75.3 Å². The number of aryl methyl sites for hydroxylation is 1. The molecule has 2 rings (SSSR count). The van der Waals surface area contributed by atoms with E-state index in [9.17, 15) is 0 Å². The second-order valence-electron chi connectivity index (χ2n) is 7.42. The van der Waals surface area contributed by atoms with Crippen molar-refractivity contribution >= 4 is 11.3 Å². The van der Waals surface area contributed by atoms with Crippen molar-refractivity contribution in [2.75, 3.05) is 0 Å². The Labute approximate surface area is 110 Å². The SMILES string of the molecule is CC(C)(C)c1sc2c(c1C(C)(C)C)CCCC2. The van der Waals surface area contributed by atoms with Gasteiger partial charge in [-0.25, -0.2) is 0 Å². The molecule has 1 heterocycles. The molecule has 0 saturated heterocycles. The van der Waals surface area contributed by atoms with Crippen LogP contribution >= 0.6 is 11.3 Å². The maximum absolute atomic E-state index is 2.37. The number of thiophene rings is 1. The third-order valence-corrected chi connectivity index (χ3v) is 5.32. The van der Waals surface area contributed by atoms with Crippen LogP contribution in [-0.4, -0.2) is 0 Å². The first-order chi connectivity index (χ1) is 7.71. The van der Waals surface area contributed by atoms with Crippen LogP contribution in [0.5, 0.6) is 0 Å². The van der Waals surface area contributed by atoms with Gasteiger partial charge in [0.15, 0.2) is 0 Å². The standard InChI is InChI=1S/C16H26S/c1-15(2,3)13-11-9-7-8-10-12(11)17-14(13)16(4,5)6/h7-10H2,1-6H3. The lowest BCUT2D eigenvalue weighted by molar-refractivity contribution is 0.532. The van der Waals surface area contributed by atoms with E-state index in [1.807, 2.05) is 0 Å². The number of rotatable bonds is 0. The highest BCUT2D eigenvalue weighted by molar-refractivity contribution is 7.12. The summed E-state index contributed by atoms with van der Waals surface area (Å²) in [7, 11) is 0. The van der Waals surface area contributed by atoms with Crippen molar-refractivity contribution < 1.29 is 0 Å². The quantitative estimate of drug-likeness (QED) is 0.592. The van der Waals surface area contributed by atoms with Gasteiger partial charge in [-0.2, -0.15) is 0 Å². The Morgan fingerprint density at radius 2 is 1.41 bits per heavy atom. The molecular formula is C16H26S. The molecule has 1 aliphatic rings. The molecule has 0 amide bonds. The molecule has 0 aliphatic heterocycles. The van der Waals surface area contributed by atoms with Crippen molar-refractivity contribution in [2.24, 2.45) is 0 Å². The minimum absolute atomic E-state index is 0.296. The van der Waals surface area contributed by atoms with Crippen LogP contribution in [0.4, 0.5) is 0 Å². The van der Waals surface area contributed by atoms with E-state index in [0.717, 1.165) is 0 Å². The van der Waals surface area contributed by atoms with E-state index in [1.165, 1.54) is 25.7 Å². The molecule has 1 aromatic heterocycles. The van der Waals surface area contributed by atoms with E-state index in [2.05, 4.69) is 52.9 Å². The largest absolute Gasteiger partial charge is 0.144 e. The Bertz CT molecular complexity index is 410. The van der Waals surface area contributed by atoms with Gasteiger partial charge in [-0.3, -0.25) is 0 Å². The van der Waals surface area contributed by atoms with Gasteiger partial charge in [0, 0.05) is 9.75 Å². The van der Waals surface area contributed by atoms with Gasteiger partial charge in [0.25, 0.3) is 0 Å². The summed E-state index contributed by atoms with van der Waals surface area (Å²) in [4.78, 5) is 3.32. The minimum Gasteiger partial charge on any atom is -0.144 e. The van der Waals surface area contributed by atoms with Crippen LogP contribution in [0.3, 0.4) is 0 Å². The van der Waals surface area contributed by atoms with Gasteiger partial charge in [0.1, 0.15) is 0 Å². The maximum Gasteiger partial charge on any atom is 0.0142 e. The fourth-order valence-corrected chi connectivity index (χ4v) is 4.55. The first-order valence-electron chi connectivity index (χ1n) is 6.87. The first kappa shape index (κ1) is 13.1. The van der Waals surface area contributed by atoms with Crippen molar-refractivity contribution in [3.63, 3.8) is 0 Å². The Kier molecular flexibility index (Phi) is 3.18. The summed E-state index contributed by atoms with van der Waals surface area (Å²) in [5, 5.41) is 0. The topological polar surface area (TPSA) is 0 Å². The van der Waals surface area contributed by atoms with Crippen LogP contribution < -0.4 is 0 Å². The van der Waals surface area contributed by atoms with Gasteiger partial charge in [0.05, 0.1) is 0 Å². The van der Waals surface area contributed by atoms with E-state index in [4.69, 9.17) is 0 Å². The summed E-state index contributed by atoms with van der Waals surface area (Å²) >= 11 is 2.10. The molecule has 0 bridgehead atoms. The van der Waals surface area contributed by atoms with Gasteiger partial charge < -0.3 is 0 Å². The van der Waals surface area contributed by atoms with Gasteiger partial charge in [-0.05, 0) is 47.6 Å². The lowest BCUT2D eigenvalue weighted by atomic mass is 9.76. The number of hydrogen-bond acceptors (Lipinski definition) is 1. The van der Waals surface area contributed by atoms with Gasteiger partial charge in [-0.1, -0.05) is 41.5 Å². The summed E-state index contributed by atoms with van der Waals surface area (Å²) in [5.41, 5.74) is 3.97. The Morgan fingerprint density at radius 1 is 0.824 bits per heavy atom. The van der Waals surface area contributed by atoms with Crippen molar-refractivity contribution in [1.82, 2.24) is 0 Å². The maximum atomic E-state index is 2.37. The van der Waals surface area contributed by atoms with Crippen LogP contribution in [0.25, 0.3) is 0 Å². The molecule has 0 spiro atoms. The summed E-state index contributed by atoms with van der Waals surface area (Å²) in [6.45, 7) is 14.2. The average Bonchev–Trinajstić information content (AvgIpc) is 2.54. The molecule has 0 saturated carbocycles. The summed E-state index contributed by atoms with van der Waals surface area (Å²) in [5.74, 6) is 0. The third-order valence-electron chi connectivity index (χ3n) is 3.60. The van der Waals surface area contributed by atoms with E-state index < -0.39 is 0 Å². The van der Waals surface area contributed by atoms with Crippen LogP contribution in [0.2, 0.25) is 0 Å². The molecule has 0 atom stereocenters. The Morgan fingerprint density at radius 3 is 1.94 bits per heavy atom. The summed E-state index contributed by atoms with van der Waals surface area (Å²) in [6, 6.07) is 0. The normalized spacial score (nSPS) is 17.1. The highest BCUT2D eigenvalue weighted by Gasteiger charge is 2.32. The van der Waals surface area contributed by atoms with Crippen molar-refractivity contribution in [3.05, 3.63) is 20.9 Å². The zero-order valence-corrected chi connectivity index (χ0v) is 13.1. The molecule has 1 aromatic rings. The zero-order valence-electron chi connectivity index (χ0n) is 12.2. The molecule has 1 aliphatic carbocycles. The minimum atomic E-state index is 0.296. The predicted molar refractivity (Wildman–Crippen MR) is 78.4 cm³/mol. The molecule has 0 fully saturated rings. The third kappa shape index (κ3) is 2.45. The number of hydrogen-bond donors (Lipinski definition) is 0. The highest BCUT2D eigenvalue weighted by atomic mass is 32.1. The second-order valence-corrected chi connectivity index (χ2v) is 8.52. The van der Waals surface area contributed by atoms with Crippen molar-refractivity contribution in [1.29, 1.82) is 0 Å². The molecule has 0 aromatic carbocycles. The zero-order chi connectivity index (χ0) is 12.8. The highest BCUT2D eigenvalue weighted by Crippen LogP contribution is 2.45. The molecule has 96 valence electrons. The van der Waals surface area contributed by atoms with Gasteiger partial charge in [0.2, 0.25) is 0 Å². The Hall–Kier alpha value is -0.300. The van der Waals surface area contributed by atoms with E-state index in [1.54, 1.807) is 20.9 Å².